The van der Waals surface area contributed by atoms with Gasteiger partial charge in [0.1, 0.15) is 0 Å². The van der Waals surface area contributed by atoms with E-state index in [2.05, 4.69) is 33.4 Å². The minimum atomic E-state index is -0.897. The van der Waals surface area contributed by atoms with Crippen molar-refractivity contribution in [2.45, 2.75) is 25.3 Å². The normalized spacial score (nSPS) is 19.0. The summed E-state index contributed by atoms with van der Waals surface area (Å²) in [5.41, 5.74) is 1.01. The number of halogens is 1. The molecule has 0 saturated carbocycles. The van der Waals surface area contributed by atoms with E-state index in [1.165, 1.54) is 0 Å². The molecule has 4 heteroatoms. The van der Waals surface area contributed by atoms with E-state index >= 15 is 0 Å². The van der Waals surface area contributed by atoms with Gasteiger partial charge >= 0.3 is 5.97 Å². The smallest absolute Gasteiger partial charge is 0.337 e. The fraction of sp³-hybridized carbons (Fsp3) is 0.308. The average molecular weight is 296 g/mol. The molecular formula is C13H14BrNO2. The maximum atomic E-state index is 11.1. The molecule has 0 bridgehead atoms. The predicted octanol–water partition coefficient (Wildman–Crippen LogP) is 3.67. The van der Waals surface area contributed by atoms with Gasteiger partial charge in [-0.05, 0) is 37.5 Å². The average Bonchev–Trinajstić information content (AvgIpc) is 2.30. The molecule has 0 aliphatic heterocycles. The van der Waals surface area contributed by atoms with Crippen LogP contribution in [0, 0.1) is 0 Å². The predicted molar refractivity (Wildman–Crippen MR) is 71.5 cm³/mol. The maximum absolute atomic E-state index is 11.1. The lowest BCUT2D eigenvalue weighted by Crippen LogP contribution is -2.21. The molecule has 1 aliphatic rings. The van der Waals surface area contributed by atoms with Crippen LogP contribution in [-0.2, 0) is 0 Å². The molecule has 90 valence electrons. The number of aromatic carboxylic acids is 1. The molecule has 1 unspecified atom stereocenters. The minimum Gasteiger partial charge on any atom is -0.478 e. The zero-order valence-electron chi connectivity index (χ0n) is 9.32. The van der Waals surface area contributed by atoms with E-state index in [-0.39, 0.29) is 0 Å². The van der Waals surface area contributed by atoms with Gasteiger partial charge in [0.15, 0.2) is 0 Å². The first-order valence-corrected chi connectivity index (χ1v) is 6.40. The SMILES string of the molecule is O=C(O)c1ccc(Br)cc1NC1CC=CCC1. The summed E-state index contributed by atoms with van der Waals surface area (Å²) in [5, 5.41) is 12.4. The van der Waals surface area contributed by atoms with Crippen LogP contribution < -0.4 is 5.32 Å². The summed E-state index contributed by atoms with van der Waals surface area (Å²) < 4.78 is 0.886. The van der Waals surface area contributed by atoms with Crippen LogP contribution in [0.25, 0.3) is 0 Å². The summed E-state index contributed by atoms with van der Waals surface area (Å²) in [6, 6.07) is 5.51. The monoisotopic (exact) mass is 295 g/mol. The van der Waals surface area contributed by atoms with Crippen molar-refractivity contribution in [1.29, 1.82) is 0 Å². The molecule has 0 heterocycles. The van der Waals surface area contributed by atoms with Crippen LogP contribution in [0.2, 0.25) is 0 Å². The number of hydrogen-bond acceptors (Lipinski definition) is 2. The molecule has 0 aromatic heterocycles. The van der Waals surface area contributed by atoms with Crippen molar-refractivity contribution < 1.29 is 9.90 Å². The van der Waals surface area contributed by atoms with Gasteiger partial charge in [0, 0.05) is 10.5 Å². The Morgan fingerprint density at radius 1 is 1.41 bits per heavy atom. The van der Waals surface area contributed by atoms with E-state index in [0.717, 1.165) is 23.7 Å². The van der Waals surface area contributed by atoms with Crippen LogP contribution in [-0.4, -0.2) is 17.1 Å². The molecular weight excluding hydrogens is 282 g/mol. The van der Waals surface area contributed by atoms with E-state index in [0.29, 0.717) is 17.3 Å². The second-order valence-electron chi connectivity index (χ2n) is 4.12. The van der Waals surface area contributed by atoms with Gasteiger partial charge in [-0.15, -0.1) is 0 Å². The Bertz CT molecular complexity index is 457. The molecule has 1 atom stereocenters. The summed E-state index contributed by atoms with van der Waals surface area (Å²) in [6.45, 7) is 0. The Kier molecular flexibility index (Phi) is 3.84. The van der Waals surface area contributed by atoms with Crippen LogP contribution in [0.3, 0.4) is 0 Å². The van der Waals surface area contributed by atoms with Crippen molar-refractivity contribution in [3.05, 3.63) is 40.4 Å². The number of allylic oxidation sites excluding steroid dienone is 1. The summed E-state index contributed by atoms with van der Waals surface area (Å²) in [5.74, 6) is -0.897. The molecule has 3 nitrogen and oxygen atoms in total. The number of carboxylic acid groups (broad SMARTS) is 1. The summed E-state index contributed by atoms with van der Waals surface area (Å²) >= 11 is 3.36. The van der Waals surface area contributed by atoms with Gasteiger partial charge in [-0.2, -0.15) is 0 Å². The van der Waals surface area contributed by atoms with Crippen LogP contribution in [0.15, 0.2) is 34.8 Å². The molecule has 0 amide bonds. The quantitative estimate of drug-likeness (QED) is 0.837. The largest absolute Gasteiger partial charge is 0.478 e. The van der Waals surface area contributed by atoms with E-state index in [4.69, 9.17) is 5.11 Å². The third-order valence-electron chi connectivity index (χ3n) is 2.84. The summed E-state index contributed by atoms with van der Waals surface area (Å²) in [4.78, 5) is 11.1. The molecule has 0 spiro atoms. The number of rotatable bonds is 3. The zero-order valence-corrected chi connectivity index (χ0v) is 10.9. The van der Waals surface area contributed by atoms with E-state index in [9.17, 15) is 4.79 Å². The van der Waals surface area contributed by atoms with Crippen LogP contribution >= 0.6 is 15.9 Å². The highest BCUT2D eigenvalue weighted by Crippen LogP contribution is 2.24. The molecule has 2 rings (SSSR count). The van der Waals surface area contributed by atoms with E-state index in [1.54, 1.807) is 12.1 Å². The number of nitrogens with one attached hydrogen (secondary N) is 1. The van der Waals surface area contributed by atoms with Crippen molar-refractivity contribution in [3.8, 4) is 0 Å². The minimum absolute atomic E-state index is 0.322. The van der Waals surface area contributed by atoms with Gasteiger partial charge in [-0.3, -0.25) is 0 Å². The van der Waals surface area contributed by atoms with Crippen LogP contribution in [0.1, 0.15) is 29.6 Å². The van der Waals surface area contributed by atoms with Gasteiger partial charge in [-0.1, -0.05) is 28.1 Å². The number of anilines is 1. The van der Waals surface area contributed by atoms with E-state index in [1.807, 2.05) is 6.07 Å². The van der Waals surface area contributed by atoms with Gasteiger partial charge < -0.3 is 10.4 Å². The van der Waals surface area contributed by atoms with Gasteiger partial charge in [0.05, 0.1) is 11.3 Å². The Labute approximate surface area is 109 Å². The van der Waals surface area contributed by atoms with Gasteiger partial charge in [-0.25, -0.2) is 4.79 Å². The Morgan fingerprint density at radius 3 is 2.88 bits per heavy atom. The van der Waals surface area contributed by atoms with Gasteiger partial charge in [0.25, 0.3) is 0 Å². The van der Waals surface area contributed by atoms with Crippen molar-refractivity contribution in [3.63, 3.8) is 0 Å². The lowest BCUT2D eigenvalue weighted by atomic mass is 10.0. The molecule has 17 heavy (non-hydrogen) atoms. The second kappa shape index (κ2) is 5.36. The first kappa shape index (κ1) is 12.2. The molecule has 1 aromatic carbocycles. The number of carbonyl (C=O) groups is 1. The number of carboxylic acids is 1. The lowest BCUT2D eigenvalue weighted by Gasteiger charge is -2.21. The molecule has 1 aliphatic carbocycles. The third-order valence-corrected chi connectivity index (χ3v) is 3.33. The fourth-order valence-corrected chi connectivity index (χ4v) is 2.33. The molecule has 0 saturated heterocycles. The third kappa shape index (κ3) is 3.09. The standard InChI is InChI=1S/C13H14BrNO2/c14-9-6-7-11(13(16)17)12(8-9)15-10-4-2-1-3-5-10/h1-2,6-8,10,15H,3-5H2,(H,16,17). The van der Waals surface area contributed by atoms with E-state index < -0.39 is 5.97 Å². The lowest BCUT2D eigenvalue weighted by molar-refractivity contribution is 0.0698. The molecule has 0 radical (unpaired) electrons. The first-order chi connectivity index (χ1) is 8.16. The summed E-state index contributed by atoms with van der Waals surface area (Å²) in [7, 11) is 0. The highest BCUT2D eigenvalue weighted by atomic mass is 79.9. The highest BCUT2D eigenvalue weighted by molar-refractivity contribution is 9.10. The van der Waals surface area contributed by atoms with Gasteiger partial charge in [0.2, 0.25) is 0 Å². The summed E-state index contributed by atoms with van der Waals surface area (Å²) in [6.07, 6.45) is 7.35. The Morgan fingerprint density at radius 2 is 2.24 bits per heavy atom. The van der Waals surface area contributed by atoms with Crippen LogP contribution in [0.4, 0.5) is 5.69 Å². The van der Waals surface area contributed by atoms with Crippen LogP contribution in [0.5, 0.6) is 0 Å². The van der Waals surface area contributed by atoms with Crippen molar-refractivity contribution in [2.75, 3.05) is 5.32 Å². The molecule has 2 N–H and O–H groups in total. The number of benzene rings is 1. The Balaban J connectivity index is 2.21. The first-order valence-electron chi connectivity index (χ1n) is 5.61. The fourth-order valence-electron chi connectivity index (χ4n) is 1.97. The van der Waals surface area contributed by atoms with Crippen molar-refractivity contribution in [2.24, 2.45) is 0 Å². The Hall–Kier alpha value is -1.29. The molecule has 1 aromatic rings. The highest BCUT2D eigenvalue weighted by Gasteiger charge is 2.15. The zero-order chi connectivity index (χ0) is 12.3. The topological polar surface area (TPSA) is 49.3 Å². The number of hydrogen-bond donors (Lipinski definition) is 2. The molecule has 0 fully saturated rings. The van der Waals surface area contributed by atoms with Crippen molar-refractivity contribution >= 4 is 27.6 Å². The van der Waals surface area contributed by atoms with Crippen molar-refractivity contribution in [1.82, 2.24) is 0 Å². The maximum Gasteiger partial charge on any atom is 0.337 e. The second-order valence-corrected chi connectivity index (χ2v) is 5.04.